The molecule has 0 radical (unpaired) electrons. The summed E-state index contributed by atoms with van der Waals surface area (Å²) < 4.78 is 32.0. The number of hydrogen-bond donors (Lipinski definition) is 1. The van der Waals surface area contributed by atoms with E-state index in [1.165, 1.54) is 25.3 Å². The van der Waals surface area contributed by atoms with E-state index in [0.29, 0.717) is 16.7 Å². The van der Waals surface area contributed by atoms with Gasteiger partial charge in [-0.05, 0) is 41.8 Å². The monoisotopic (exact) mass is 263 g/mol. The maximum atomic E-state index is 13.6. The van der Waals surface area contributed by atoms with Crippen LogP contribution < -0.4 is 10.5 Å². The quantitative estimate of drug-likeness (QED) is 0.921. The summed E-state index contributed by atoms with van der Waals surface area (Å²) in [6, 6.07) is 8.69. The third-order valence-electron chi connectivity index (χ3n) is 3.09. The van der Waals surface area contributed by atoms with Crippen molar-refractivity contribution in [2.75, 3.05) is 7.11 Å². The third-order valence-corrected chi connectivity index (χ3v) is 3.09. The molecule has 0 amide bonds. The second kappa shape index (κ2) is 5.36. The number of halogens is 2. The van der Waals surface area contributed by atoms with Crippen LogP contribution in [0, 0.1) is 18.6 Å². The topological polar surface area (TPSA) is 35.2 Å². The zero-order valence-corrected chi connectivity index (χ0v) is 10.8. The lowest BCUT2D eigenvalue weighted by Crippen LogP contribution is -2.12. The highest BCUT2D eigenvalue weighted by Crippen LogP contribution is 2.25. The summed E-state index contributed by atoms with van der Waals surface area (Å²) >= 11 is 0. The second-order valence-electron chi connectivity index (χ2n) is 4.38. The van der Waals surface area contributed by atoms with Crippen LogP contribution in [0.2, 0.25) is 0 Å². The van der Waals surface area contributed by atoms with E-state index in [9.17, 15) is 8.78 Å². The van der Waals surface area contributed by atoms with E-state index in [2.05, 4.69) is 0 Å². The Morgan fingerprint density at radius 2 is 1.58 bits per heavy atom. The lowest BCUT2D eigenvalue weighted by atomic mass is 9.98. The van der Waals surface area contributed by atoms with Gasteiger partial charge in [0.25, 0.3) is 0 Å². The Morgan fingerprint density at radius 1 is 1.00 bits per heavy atom. The number of methoxy groups -OCH3 is 1. The Bertz CT molecular complexity index is 599. The number of aryl methyl sites for hydroxylation is 1. The molecule has 0 aliphatic carbocycles. The van der Waals surface area contributed by atoms with Crippen LogP contribution >= 0.6 is 0 Å². The zero-order valence-electron chi connectivity index (χ0n) is 10.8. The summed E-state index contributed by atoms with van der Waals surface area (Å²) in [5.41, 5.74) is 7.75. The Labute approximate surface area is 110 Å². The average molecular weight is 263 g/mol. The van der Waals surface area contributed by atoms with E-state index in [4.69, 9.17) is 10.5 Å². The van der Waals surface area contributed by atoms with Gasteiger partial charge in [-0.25, -0.2) is 8.78 Å². The molecular weight excluding hydrogens is 248 g/mol. The molecule has 1 atom stereocenters. The van der Waals surface area contributed by atoms with Gasteiger partial charge in [-0.3, -0.25) is 0 Å². The zero-order chi connectivity index (χ0) is 14.0. The highest BCUT2D eigenvalue weighted by atomic mass is 19.1. The van der Waals surface area contributed by atoms with E-state index in [1.807, 2.05) is 0 Å². The van der Waals surface area contributed by atoms with Crippen LogP contribution in [0.3, 0.4) is 0 Å². The first kappa shape index (κ1) is 13.5. The molecule has 19 heavy (non-hydrogen) atoms. The van der Waals surface area contributed by atoms with Gasteiger partial charge < -0.3 is 10.5 Å². The molecule has 0 saturated heterocycles. The van der Waals surface area contributed by atoms with Crippen LogP contribution in [0.5, 0.6) is 5.75 Å². The standard InChI is InChI=1S/C15H15F2NO/c1-9-3-4-10(7-12(9)16)15(18)11-5-6-14(19-2)13(17)8-11/h3-8,15H,18H2,1-2H3. The summed E-state index contributed by atoms with van der Waals surface area (Å²) in [7, 11) is 1.40. The Kier molecular flexibility index (Phi) is 3.81. The van der Waals surface area contributed by atoms with Gasteiger partial charge in [-0.15, -0.1) is 0 Å². The molecule has 0 bridgehead atoms. The van der Waals surface area contributed by atoms with E-state index < -0.39 is 11.9 Å². The van der Waals surface area contributed by atoms with Gasteiger partial charge in [0.05, 0.1) is 13.2 Å². The van der Waals surface area contributed by atoms with Crippen LogP contribution in [-0.2, 0) is 0 Å². The fourth-order valence-electron chi connectivity index (χ4n) is 1.87. The molecule has 2 N–H and O–H groups in total. The number of ether oxygens (including phenoxy) is 1. The van der Waals surface area contributed by atoms with Gasteiger partial charge in [0.15, 0.2) is 11.6 Å². The van der Waals surface area contributed by atoms with Gasteiger partial charge in [0, 0.05) is 0 Å². The van der Waals surface area contributed by atoms with Crippen LogP contribution in [-0.4, -0.2) is 7.11 Å². The fourth-order valence-corrected chi connectivity index (χ4v) is 1.87. The molecule has 1 unspecified atom stereocenters. The Hall–Kier alpha value is -1.94. The Balaban J connectivity index is 2.35. The molecule has 4 heteroatoms. The van der Waals surface area contributed by atoms with E-state index >= 15 is 0 Å². The van der Waals surface area contributed by atoms with E-state index in [0.717, 1.165) is 0 Å². The van der Waals surface area contributed by atoms with Crippen molar-refractivity contribution in [3.63, 3.8) is 0 Å². The van der Waals surface area contributed by atoms with Crippen molar-refractivity contribution in [1.82, 2.24) is 0 Å². The lowest BCUT2D eigenvalue weighted by molar-refractivity contribution is 0.386. The third kappa shape index (κ3) is 2.74. The largest absolute Gasteiger partial charge is 0.494 e. The van der Waals surface area contributed by atoms with Gasteiger partial charge in [-0.2, -0.15) is 0 Å². The molecule has 2 aromatic carbocycles. The summed E-state index contributed by atoms with van der Waals surface area (Å²) in [4.78, 5) is 0. The molecule has 2 nitrogen and oxygen atoms in total. The number of nitrogens with two attached hydrogens (primary N) is 1. The molecule has 0 spiro atoms. The van der Waals surface area contributed by atoms with Crippen LogP contribution in [0.15, 0.2) is 36.4 Å². The SMILES string of the molecule is COc1ccc(C(N)c2ccc(C)c(F)c2)cc1F. The minimum atomic E-state index is -0.574. The fraction of sp³-hybridized carbons (Fsp3) is 0.200. The van der Waals surface area contributed by atoms with Crippen molar-refractivity contribution in [3.8, 4) is 5.75 Å². The molecule has 0 aromatic heterocycles. The Morgan fingerprint density at radius 3 is 2.11 bits per heavy atom. The number of hydrogen-bond acceptors (Lipinski definition) is 2. The molecular formula is C15H15F2NO. The smallest absolute Gasteiger partial charge is 0.165 e. The number of rotatable bonds is 3. The summed E-state index contributed by atoms with van der Waals surface area (Å²) in [6.07, 6.45) is 0. The van der Waals surface area contributed by atoms with Gasteiger partial charge >= 0.3 is 0 Å². The minimum Gasteiger partial charge on any atom is -0.494 e. The molecule has 2 aromatic rings. The van der Waals surface area contributed by atoms with Crippen molar-refractivity contribution in [3.05, 3.63) is 64.7 Å². The van der Waals surface area contributed by atoms with E-state index in [1.54, 1.807) is 25.1 Å². The van der Waals surface area contributed by atoms with E-state index in [-0.39, 0.29) is 11.6 Å². The minimum absolute atomic E-state index is 0.158. The predicted octanol–water partition coefficient (Wildman–Crippen LogP) is 3.33. The molecule has 2 rings (SSSR count). The molecule has 0 saturated carbocycles. The lowest BCUT2D eigenvalue weighted by Gasteiger charge is -2.14. The maximum absolute atomic E-state index is 13.6. The summed E-state index contributed by atoms with van der Waals surface area (Å²) in [5, 5.41) is 0. The van der Waals surface area contributed by atoms with Crippen LogP contribution in [0.25, 0.3) is 0 Å². The first-order valence-electron chi connectivity index (χ1n) is 5.88. The molecule has 0 heterocycles. The van der Waals surface area contributed by atoms with Crippen molar-refractivity contribution < 1.29 is 13.5 Å². The van der Waals surface area contributed by atoms with Crippen molar-refractivity contribution >= 4 is 0 Å². The molecule has 0 aliphatic heterocycles. The highest BCUT2D eigenvalue weighted by molar-refractivity contribution is 5.37. The second-order valence-corrected chi connectivity index (χ2v) is 4.38. The summed E-state index contributed by atoms with van der Waals surface area (Å²) in [6.45, 7) is 1.68. The molecule has 0 aliphatic rings. The van der Waals surface area contributed by atoms with Gasteiger partial charge in [-0.1, -0.05) is 18.2 Å². The van der Waals surface area contributed by atoms with Gasteiger partial charge in [0.2, 0.25) is 0 Å². The first-order valence-corrected chi connectivity index (χ1v) is 5.88. The van der Waals surface area contributed by atoms with Crippen molar-refractivity contribution in [2.24, 2.45) is 5.73 Å². The normalized spacial score (nSPS) is 12.3. The van der Waals surface area contributed by atoms with Crippen molar-refractivity contribution in [2.45, 2.75) is 13.0 Å². The highest BCUT2D eigenvalue weighted by Gasteiger charge is 2.13. The molecule has 100 valence electrons. The van der Waals surface area contributed by atoms with Crippen LogP contribution in [0.4, 0.5) is 8.78 Å². The average Bonchev–Trinajstić information content (AvgIpc) is 2.41. The maximum Gasteiger partial charge on any atom is 0.165 e. The van der Waals surface area contributed by atoms with Crippen molar-refractivity contribution in [1.29, 1.82) is 0 Å². The summed E-state index contributed by atoms with van der Waals surface area (Å²) in [5.74, 6) is -0.643. The van der Waals surface area contributed by atoms with Crippen LogP contribution in [0.1, 0.15) is 22.7 Å². The molecule has 0 fully saturated rings. The predicted molar refractivity (Wildman–Crippen MR) is 70.1 cm³/mol. The number of benzene rings is 2. The first-order chi connectivity index (χ1) is 9.02. The van der Waals surface area contributed by atoms with Gasteiger partial charge in [0.1, 0.15) is 5.82 Å².